The van der Waals surface area contributed by atoms with Crippen molar-refractivity contribution in [1.82, 2.24) is 0 Å². The van der Waals surface area contributed by atoms with Crippen LogP contribution in [0, 0.1) is 0 Å². The highest BCUT2D eigenvalue weighted by Gasteiger charge is 2.15. The second-order valence-electron chi connectivity index (χ2n) is 5.60. The third kappa shape index (κ3) is 6.80. The fourth-order valence-corrected chi connectivity index (χ4v) is 2.19. The molecule has 1 rings (SSSR count). The number of hydrogen-bond acceptors (Lipinski definition) is 1. The predicted octanol–water partition coefficient (Wildman–Crippen LogP) is 4.73. The molecule has 1 N–H and O–H groups in total. The highest BCUT2D eigenvalue weighted by Crippen LogP contribution is 2.18. The lowest BCUT2D eigenvalue weighted by atomic mass is 9.95. The van der Waals surface area contributed by atoms with Crippen LogP contribution in [0.2, 0.25) is 0 Å². The van der Waals surface area contributed by atoms with Gasteiger partial charge in [0.05, 0.1) is 5.60 Å². The first-order valence-corrected chi connectivity index (χ1v) is 7.40. The van der Waals surface area contributed by atoms with E-state index in [9.17, 15) is 5.11 Å². The molecule has 0 aliphatic rings. The molecule has 1 atom stereocenters. The summed E-state index contributed by atoms with van der Waals surface area (Å²) in [6.45, 7) is 4.00. The summed E-state index contributed by atoms with van der Waals surface area (Å²) < 4.78 is 0. The molecule has 0 amide bonds. The molecule has 0 aliphatic carbocycles. The molecule has 102 valence electrons. The lowest BCUT2D eigenvalue weighted by Gasteiger charge is -2.20. The molecule has 1 heteroatoms. The van der Waals surface area contributed by atoms with Crippen molar-refractivity contribution in [3.05, 3.63) is 35.9 Å². The Morgan fingerprint density at radius 3 is 2.22 bits per heavy atom. The number of benzene rings is 1. The Morgan fingerprint density at radius 2 is 1.56 bits per heavy atom. The van der Waals surface area contributed by atoms with Gasteiger partial charge in [-0.05, 0) is 38.2 Å². The normalized spacial score (nSPS) is 14.4. The maximum absolute atomic E-state index is 9.87. The Kier molecular flexibility index (Phi) is 7.04. The molecule has 0 heterocycles. The molecule has 0 spiro atoms. The van der Waals surface area contributed by atoms with Crippen molar-refractivity contribution in [2.75, 3.05) is 0 Å². The quantitative estimate of drug-likeness (QED) is 0.626. The van der Waals surface area contributed by atoms with Gasteiger partial charge in [0.1, 0.15) is 0 Å². The van der Waals surface area contributed by atoms with E-state index in [2.05, 4.69) is 37.3 Å². The molecule has 0 bridgehead atoms. The van der Waals surface area contributed by atoms with Crippen molar-refractivity contribution in [3.8, 4) is 0 Å². The van der Waals surface area contributed by atoms with Crippen LogP contribution in [-0.2, 0) is 6.42 Å². The van der Waals surface area contributed by atoms with Gasteiger partial charge in [0.25, 0.3) is 0 Å². The Hall–Kier alpha value is -0.820. The van der Waals surface area contributed by atoms with E-state index in [1.54, 1.807) is 0 Å². The molecule has 1 nitrogen and oxygen atoms in total. The Balaban J connectivity index is 1.96. The minimum absolute atomic E-state index is 0.440. The van der Waals surface area contributed by atoms with Gasteiger partial charge < -0.3 is 5.11 Å². The van der Waals surface area contributed by atoms with E-state index in [4.69, 9.17) is 0 Å². The fourth-order valence-electron chi connectivity index (χ4n) is 2.19. The summed E-state index contributed by atoms with van der Waals surface area (Å²) in [6.07, 6.45) is 9.32. The van der Waals surface area contributed by atoms with Crippen molar-refractivity contribution in [2.24, 2.45) is 0 Å². The second kappa shape index (κ2) is 8.31. The van der Waals surface area contributed by atoms with Crippen LogP contribution >= 0.6 is 0 Å². The average molecular weight is 248 g/mol. The first-order chi connectivity index (χ1) is 8.64. The van der Waals surface area contributed by atoms with E-state index in [-0.39, 0.29) is 0 Å². The smallest absolute Gasteiger partial charge is 0.0617 e. The van der Waals surface area contributed by atoms with Crippen molar-refractivity contribution in [2.45, 2.75) is 70.8 Å². The van der Waals surface area contributed by atoms with Crippen molar-refractivity contribution in [1.29, 1.82) is 0 Å². The molecule has 1 unspecified atom stereocenters. The number of unbranched alkanes of at least 4 members (excludes halogenated alkanes) is 4. The summed E-state index contributed by atoms with van der Waals surface area (Å²) in [6, 6.07) is 10.7. The lowest BCUT2D eigenvalue weighted by molar-refractivity contribution is 0.0442. The summed E-state index contributed by atoms with van der Waals surface area (Å²) in [5.74, 6) is 0. The van der Waals surface area contributed by atoms with E-state index < -0.39 is 5.60 Å². The topological polar surface area (TPSA) is 20.2 Å². The molecule has 0 saturated heterocycles. The van der Waals surface area contributed by atoms with Crippen LogP contribution in [0.3, 0.4) is 0 Å². The summed E-state index contributed by atoms with van der Waals surface area (Å²) in [5.41, 5.74) is 1.01. The first kappa shape index (κ1) is 15.2. The summed E-state index contributed by atoms with van der Waals surface area (Å²) >= 11 is 0. The van der Waals surface area contributed by atoms with Gasteiger partial charge in [0.15, 0.2) is 0 Å². The van der Waals surface area contributed by atoms with Gasteiger partial charge in [-0.25, -0.2) is 0 Å². The molecular weight excluding hydrogens is 220 g/mol. The summed E-state index contributed by atoms with van der Waals surface area (Å²) in [5, 5.41) is 9.87. The Labute approximate surface area is 112 Å². The zero-order valence-corrected chi connectivity index (χ0v) is 12.0. The Bertz CT molecular complexity index is 303. The predicted molar refractivity (Wildman–Crippen MR) is 78.8 cm³/mol. The Morgan fingerprint density at radius 1 is 0.944 bits per heavy atom. The van der Waals surface area contributed by atoms with E-state index in [0.717, 1.165) is 19.3 Å². The molecular formula is C17H28O. The monoisotopic (exact) mass is 248 g/mol. The SMILES string of the molecule is CCC(C)(O)CCCCCCCc1ccccc1. The van der Waals surface area contributed by atoms with E-state index in [0.29, 0.717) is 0 Å². The van der Waals surface area contributed by atoms with Crippen LogP contribution < -0.4 is 0 Å². The van der Waals surface area contributed by atoms with Gasteiger partial charge in [-0.15, -0.1) is 0 Å². The van der Waals surface area contributed by atoms with Crippen LogP contribution in [0.15, 0.2) is 30.3 Å². The number of aryl methyl sites for hydroxylation is 1. The minimum Gasteiger partial charge on any atom is -0.390 e. The van der Waals surface area contributed by atoms with Gasteiger partial charge in [0.2, 0.25) is 0 Å². The van der Waals surface area contributed by atoms with Gasteiger partial charge >= 0.3 is 0 Å². The fraction of sp³-hybridized carbons (Fsp3) is 0.647. The molecule has 1 aromatic carbocycles. The van der Waals surface area contributed by atoms with Crippen LogP contribution in [0.1, 0.15) is 64.4 Å². The number of rotatable bonds is 9. The molecule has 0 radical (unpaired) electrons. The van der Waals surface area contributed by atoms with Crippen LogP contribution in [0.4, 0.5) is 0 Å². The van der Waals surface area contributed by atoms with E-state index in [1.807, 2.05) is 6.92 Å². The maximum Gasteiger partial charge on any atom is 0.0617 e. The highest BCUT2D eigenvalue weighted by atomic mass is 16.3. The van der Waals surface area contributed by atoms with Crippen LogP contribution in [0.25, 0.3) is 0 Å². The summed E-state index contributed by atoms with van der Waals surface area (Å²) in [7, 11) is 0. The third-order valence-corrected chi connectivity index (χ3v) is 3.79. The lowest BCUT2D eigenvalue weighted by Crippen LogP contribution is -2.22. The highest BCUT2D eigenvalue weighted by molar-refractivity contribution is 5.14. The number of hydrogen-bond donors (Lipinski definition) is 1. The molecule has 0 fully saturated rings. The average Bonchev–Trinajstić information content (AvgIpc) is 2.39. The standard InChI is InChI=1S/C17H28O/c1-3-17(2,18)15-11-6-4-5-8-12-16-13-9-7-10-14-16/h7,9-10,13-14,18H,3-6,8,11-12,15H2,1-2H3. The van der Waals surface area contributed by atoms with Crippen molar-refractivity contribution < 1.29 is 5.11 Å². The van der Waals surface area contributed by atoms with Crippen molar-refractivity contribution in [3.63, 3.8) is 0 Å². The molecule has 0 saturated carbocycles. The van der Waals surface area contributed by atoms with Gasteiger partial charge in [-0.1, -0.05) is 62.9 Å². The van der Waals surface area contributed by atoms with Gasteiger partial charge in [0, 0.05) is 0 Å². The van der Waals surface area contributed by atoms with Gasteiger partial charge in [-0.2, -0.15) is 0 Å². The zero-order valence-electron chi connectivity index (χ0n) is 12.0. The third-order valence-electron chi connectivity index (χ3n) is 3.79. The van der Waals surface area contributed by atoms with Crippen LogP contribution in [-0.4, -0.2) is 10.7 Å². The molecule has 1 aromatic rings. The van der Waals surface area contributed by atoms with E-state index in [1.165, 1.54) is 37.7 Å². The maximum atomic E-state index is 9.87. The zero-order chi connectivity index (χ0) is 13.3. The second-order valence-corrected chi connectivity index (χ2v) is 5.60. The summed E-state index contributed by atoms with van der Waals surface area (Å²) in [4.78, 5) is 0. The van der Waals surface area contributed by atoms with Gasteiger partial charge in [-0.3, -0.25) is 0 Å². The van der Waals surface area contributed by atoms with Crippen molar-refractivity contribution >= 4 is 0 Å². The molecule has 18 heavy (non-hydrogen) atoms. The van der Waals surface area contributed by atoms with E-state index >= 15 is 0 Å². The number of aliphatic hydroxyl groups is 1. The molecule has 0 aromatic heterocycles. The minimum atomic E-state index is -0.440. The van der Waals surface area contributed by atoms with Crippen LogP contribution in [0.5, 0.6) is 0 Å². The largest absolute Gasteiger partial charge is 0.390 e. The first-order valence-electron chi connectivity index (χ1n) is 7.40. The molecule has 0 aliphatic heterocycles.